The molecule has 3 aromatic carbocycles. The van der Waals surface area contributed by atoms with E-state index in [0.29, 0.717) is 17.8 Å². The van der Waals surface area contributed by atoms with Gasteiger partial charge in [0.2, 0.25) is 5.91 Å². The third-order valence-corrected chi connectivity index (χ3v) is 5.45. The molecule has 1 unspecified atom stereocenters. The second kappa shape index (κ2) is 7.95. The van der Waals surface area contributed by atoms with Crippen LogP contribution in [0.1, 0.15) is 41.7 Å². The van der Waals surface area contributed by atoms with Crippen molar-refractivity contribution >= 4 is 28.2 Å². The number of hydrogen-bond acceptors (Lipinski definition) is 3. The summed E-state index contributed by atoms with van der Waals surface area (Å²) in [4.78, 5) is 26.5. The van der Waals surface area contributed by atoms with Gasteiger partial charge < -0.3 is 5.32 Å². The van der Waals surface area contributed by atoms with Crippen LogP contribution in [0.5, 0.6) is 0 Å². The van der Waals surface area contributed by atoms with Crippen molar-refractivity contribution in [2.45, 2.75) is 25.8 Å². The van der Waals surface area contributed by atoms with Crippen LogP contribution in [0.3, 0.4) is 0 Å². The molecular weight excluding hydrogens is 348 g/mol. The molecule has 1 saturated heterocycles. The van der Waals surface area contributed by atoms with Crippen LogP contribution < -0.4 is 5.32 Å². The molecule has 1 N–H and O–H groups in total. The summed E-state index contributed by atoms with van der Waals surface area (Å²) in [6.45, 7) is 2.78. The highest BCUT2D eigenvalue weighted by atomic mass is 16.2. The van der Waals surface area contributed by atoms with Crippen molar-refractivity contribution in [1.82, 2.24) is 4.90 Å². The third-order valence-electron chi connectivity index (χ3n) is 5.45. The molecule has 0 spiro atoms. The molecule has 4 heteroatoms. The second-order valence-corrected chi connectivity index (χ2v) is 7.38. The van der Waals surface area contributed by atoms with Crippen molar-refractivity contribution in [3.63, 3.8) is 0 Å². The number of hydrogen-bond donors (Lipinski definition) is 1. The van der Waals surface area contributed by atoms with E-state index in [-0.39, 0.29) is 17.7 Å². The quantitative estimate of drug-likeness (QED) is 0.654. The Kier molecular flexibility index (Phi) is 5.22. The maximum Gasteiger partial charge on any atom is 0.238 e. The molecule has 1 heterocycles. The van der Waals surface area contributed by atoms with E-state index in [2.05, 4.69) is 52.7 Å². The number of ketones is 1. The zero-order chi connectivity index (χ0) is 19.5. The molecule has 0 saturated carbocycles. The summed E-state index contributed by atoms with van der Waals surface area (Å²) in [5, 5.41) is 5.43. The van der Waals surface area contributed by atoms with Crippen LogP contribution in [0.4, 0.5) is 5.69 Å². The minimum Gasteiger partial charge on any atom is -0.325 e. The van der Waals surface area contributed by atoms with E-state index in [1.807, 2.05) is 6.07 Å². The van der Waals surface area contributed by atoms with Gasteiger partial charge in [0.05, 0.1) is 6.54 Å². The number of nitrogens with one attached hydrogen (secondary N) is 1. The smallest absolute Gasteiger partial charge is 0.238 e. The number of amides is 1. The predicted octanol–water partition coefficient (Wildman–Crippen LogP) is 4.82. The summed E-state index contributed by atoms with van der Waals surface area (Å²) in [5.41, 5.74) is 2.56. The average Bonchev–Trinajstić information content (AvgIpc) is 3.15. The fraction of sp³-hybridized carbons (Fsp3) is 0.250. The Morgan fingerprint density at radius 2 is 1.82 bits per heavy atom. The van der Waals surface area contributed by atoms with Crippen LogP contribution in [0.25, 0.3) is 10.8 Å². The van der Waals surface area contributed by atoms with Crippen molar-refractivity contribution in [2.24, 2.45) is 0 Å². The maximum absolute atomic E-state index is 12.7. The Labute approximate surface area is 165 Å². The highest BCUT2D eigenvalue weighted by Crippen LogP contribution is 2.35. The lowest BCUT2D eigenvalue weighted by Gasteiger charge is -2.25. The molecule has 0 aromatic heterocycles. The normalized spacial score (nSPS) is 17.0. The van der Waals surface area contributed by atoms with Crippen molar-refractivity contribution in [3.05, 3.63) is 77.9 Å². The highest BCUT2D eigenvalue weighted by Gasteiger charge is 2.28. The topological polar surface area (TPSA) is 49.4 Å². The monoisotopic (exact) mass is 372 g/mol. The third kappa shape index (κ3) is 3.82. The molecule has 1 aliphatic rings. The van der Waals surface area contributed by atoms with E-state index in [0.717, 1.165) is 19.4 Å². The van der Waals surface area contributed by atoms with Gasteiger partial charge in [0.25, 0.3) is 0 Å². The van der Waals surface area contributed by atoms with Crippen LogP contribution in [0, 0.1) is 0 Å². The lowest BCUT2D eigenvalue weighted by Crippen LogP contribution is -2.33. The van der Waals surface area contributed by atoms with Gasteiger partial charge in [-0.3, -0.25) is 14.5 Å². The van der Waals surface area contributed by atoms with Gasteiger partial charge in [-0.05, 0) is 54.8 Å². The molecule has 1 aliphatic heterocycles. The molecule has 4 nitrogen and oxygen atoms in total. The largest absolute Gasteiger partial charge is 0.325 e. The summed E-state index contributed by atoms with van der Waals surface area (Å²) in [7, 11) is 0. The van der Waals surface area contributed by atoms with E-state index < -0.39 is 0 Å². The number of anilines is 1. The number of carbonyl (C=O) groups is 2. The summed E-state index contributed by atoms with van der Waals surface area (Å²) in [5.74, 6) is -0.0560. The number of rotatable bonds is 5. The first kappa shape index (κ1) is 18.4. The first-order chi connectivity index (χ1) is 13.6. The van der Waals surface area contributed by atoms with Crippen molar-refractivity contribution in [2.75, 3.05) is 18.4 Å². The summed E-state index contributed by atoms with van der Waals surface area (Å²) in [6.07, 6.45) is 2.14. The lowest BCUT2D eigenvalue weighted by atomic mass is 9.97. The number of nitrogens with zero attached hydrogens (tertiary/aromatic N) is 1. The Balaban J connectivity index is 1.50. The van der Waals surface area contributed by atoms with Crippen molar-refractivity contribution in [1.29, 1.82) is 0 Å². The number of likely N-dealkylation sites (tertiary alicyclic amines) is 1. The Bertz CT molecular complexity index is 1020. The molecule has 3 aromatic rings. The molecule has 0 radical (unpaired) electrons. The lowest BCUT2D eigenvalue weighted by molar-refractivity contribution is -0.117. The molecule has 0 bridgehead atoms. The van der Waals surface area contributed by atoms with Gasteiger partial charge in [0, 0.05) is 17.3 Å². The SMILES string of the molecule is CC(=O)c1cccc(NC(=O)CN2CCCC2c2cccc3ccccc23)c1. The number of fused-ring (bicyclic) bond motifs is 1. The van der Waals surface area contributed by atoms with Crippen molar-refractivity contribution < 1.29 is 9.59 Å². The van der Waals surface area contributed by atoms with Gasteiger partial charge >= 0.3 is 0 Å². The minimum absolute atomic E-state index is 0.00772. The van der Waals surface area contributed by atoms with Crippen molar-refractivity contribution in [3.8, 4) is 0 Å². The Hall–Kier alpha value is -2.98. The summed E-state index contributed by atoms with van der Waals surface area (Å²) < 4.78 is 0. The van der Waals surface area contributed by atoms with E-state index in [4.69, 9.17) is 0 Å². The molecule has 1 amide bonds. The zero-order valence-corrected chi connectivity index (χ0v) is 16.0. The minimum atomic E-state index is -0.0483. The number of benzene rings is 3. The standard InChI is InChI=1S/C24H24N2O2/c1-17(27)19-9-4-10-20(15-19)25-24(28)16-26-14-6-13-23(26)22-12-5-8-18-7-2-3-11-21(18)22/h2-5,7-12,15,23H,6,13-14,16H2,1H3,(H,25,28). The van der Waals surface area contributed by atoms with Gasteiger partial charge in [-0.25, -0.2) is 0 Å². The van der Waals surface area contributed by atoms with E-state index in [9.17, 15) is 9.59 Å². The van der Waals surface area contributed by atoms with Gasteiger partial charge in [0.1, 0.15) is 0 Å². The first-order valence-corrected chi connectivity index (χ1v) is 9.74. The second-order valence-electron chi connectivity index (χ2n) is 7.38. The van der Waals surface area contributed by atoms with Crippen LogP contribution in [-0.4, -0.2) is 29.7 Å². The van der Waals surface area contributed by atoms with E-state index >= 15 is 0 Å². The van der Waals surface area contributed by atoms with E-state index in [1.54, 1.807) is 18.2 Å². The van der Waals surface area contributed by atoms with Crippen LogP contribution in [0.15, 0.2) is 66.7 Å². The molecule has 0 aliphatic carbocycles. The Morgan fingerprint density at radius 1 is 1.04 bits per heavy atom. The van der Waals surface area contributed by atoms with Gasteiger partial charge in [-0.15, -0.1) is 0 Å². The zero-order valence-electron chi connectivity index (χ0n) is 16.0. The molecule has 1 fully saturated rings. The van der Waals surface area contributed by atoms with Gasteiger partial charge in [-0.1, -0.05) is 54.6 Å². The number of Topliss-reactive ketones (excluding diaryl/α,β-unsaturated/α-hetero) is 1. The average molecular weight is 372 g/mol. The molecule has 142 valence electrons. The van der Waals surface area contributed by atoms with Gasteiger partial charge in [-0.2, -0.15) is 0 Å². The highest BCUT2D eigenvalue weighted by molar-refractivity contribution is 5.97. The summed E-state index contributed by atoms with van der Waals surface area (Å²) in [6, 6.07) is 22.2. The fourth-order valence-electron chi connectivity index (χ4n) is 4.11. The molecule has 4 rings (SSSR count). The van der Waals surface area contributed by atoms with E-state index in [1.165, 1.54) is 23.3 Å². The van der Waals surface area contributed by atoms with Gasteiger partial charge in [0.15, 0.2) is 5.78 Å². The molecular formula is C24H24N2O2. The Morgan fingerprint density at radius 3 is 2.68 bits per heavy atom. The predicted molar refractivity (Wildman–Crippen MR) is 113 cm³/mol. The first-order valence-electron chi connectivity index (χ1n) is 9.74. The summed E-state index contributed by atoms with van der Waals surface area (Å²) >= 11 is 0. The number of carbonyl (C=O) groups excluding carboxylic acids is 2. The molecule has 28 heavy (non-hydrogen) atoms. The van der Waals surface area contributed by atoms with Crippen LogP contribution >= 0.6 is 0 Å². The maximum atomic E-state index is 12.7. The molecule has 1 atom stereocenters. The van der Waals surface area contributed by atoms with Crippen LogP contribution in [0.2, 0.25) is 0 Å². The fourth-order valence-corrected chi connectivity index (χ4v) is 4.11. The van der Waals surface area contributed by atoms with Crippen LogP contribution in [-0.2, 0) is 4.79 Å².